The number of aliphatic hydroxyl groups is 10. The third kappa shape index (κ3) is 14.8. The molecule has 314 valence electrons. The maximum atomic E-state index is 12.6. The summed E-state index contributed by atoms with van der Waals surface area (Å²) < 4.78 is 17.1. The van der Waals surface area contributed by atoms with E-state index >= 15 is 0 Å². The van der Waals surface area contributed by atoms with Crippen LogP contribution in [0.1, 0.15) is 82.1 Å². The first-order valence-electron chi connectivity index (χ1n) is 19.0. The van der Waals surface area contributed by atoms with Gasteiger partial charge in [0.15, 0.2) is 12.4 Å². The van der Waals surface area contributed by atoms with Crippen molar-refractivity contribution in [3.05, 3.63) is 46.6 Å². The topological polar surface area (TPSA) is 247 Å². The third-order valence-electron chi connectivity index (χ3n) is 10.3. The van der Waals surface area contributed by atoms with Gasteiger partial charge in [-0.15, -0.1) is 0 Å². The van der Waals surface area contributed by atoms with Gasteiger partial charge in [0, 0.05) is 23.3 Å². The highest BCUT2D eigenvalue weighted by atomic mass is 16.7. The van der Waals surface area contributed by atoms with Gasteiger partial charge in [0.2, 0.25) is 0 Å². The normalized spacial score (nSPS) is 28.3. The van der Waals surface area contributed by atoms with Gasteiger partial charge in [0.05, 0.1) is 38.1 Å². The molecule has 16 atom stereocenters. The molecule has 1 aliphatic rings. The van der Waals surface area contributed by atoms with Crippen molar-refractivity contribution in [3.63, 3.8) is 0 Å². The monoisotopic (exact) mass is 774 g/mol. The predicted molar refractivity (Wildman–Crippen MR) is 202 cm³/mol. The summed E-state index contributed by atoms with van der Waals surface area (Å²) in [4.78, 5) is 12.6. The fraction of sp³-hybridized carbons (Fsp3) is 0.775. The lowest BCUT2D eigenvalue weighted by atomic mass is 9.87. The number of esters is 1. The van der Waals surface area contributed by atoms with Crippen LogP contribution < -0.4 is 0 Å². The lowest BCUT2D eigenvalue weighted by Crippen LogP contribution is -2.60. The number of hydrogen-bond donors (Lipinski definition) is 10. The zero-order valence-electron chi connectivity index (χ0n) is 33.7. The minimum Gasteiger partial charge on any atom is -0.454 e. The number of carbonyl (C=O) groups is 1. The first kappa shape index (κ1) is 50.0. The molecule has 10 N–H and O–H groups in total. The van der Waals surface area contributed by atoms with Crippen molar-refractivity contribution in [1.82, 2.24) is 0 Å². The van der Waals surface area contributed by atoms with Crippen molar-refractivity contribution in [2.24, 2.45) is 29.6 Å². The number of carbonyl (C=O) groups excluding carboxylic acids is 1. The van der Waals surface area contributed by atoms with Gasteiger partial charge in [0.1, 0.15) is 36.6 Å². The minimum absolute atomic E-state index is 0.0819. The SMILES string of the molecule is CCC(C)CC(C)C=C(C)C(O[C@@H]1O[C@H](CO)[C@@H](O)[C@H](O)[C@@H]1O)C(C)C=C(C)C(O)C(C)C=C(C)C(O)C(C)C=C(C)C(=O)O[C@H](CO)[C@H](O)[C@H](O)CO. The summed E-state index contributed by atoms with van der Waals surface area (Å²) in [6.45, 7) is 16.4. The van der Waals surface area contributed by atoms with E-state index in [1.54, 1.807) is 33.8 Å². The van der Waals surface area contributed by atoms with Crippen molar-refractivity contribution in [1.29, 1.82) is 0 Å². The molecule has 0 aromatic rings. The van der Waals surface area contributed by atoms with Crippen molar-refractivity contribution >= 4 is 5.97 Å². The van der Waals surface area contributed by atoms with E-state index in [1.807, 2.05) is 19.9 Å². The summed E-state index contributed by atoms with van der Waals surface area (Å²) in [5.74, 6) is -1.63. The highest BCUT2D eigenvalue weighted by Gasteiger charge is 2.45. The Morgan fingerprint density at radius 2 is 1.26 bits per heavy atom. The zero-order chi connectivity index (χ0) is 41.6. The second-order valence-electron chi connectivity index (χ2n) is 15.4. The van der Waals surface area contributed by atoms with Crippen LogP contribution in [0.3, 0.4) is 0 Å². The van der Waals surface area contributed by atoms with Crippen LogP contribution in [0.5, 0.6) is 0 Å². The quantitative estimate of drug-likeness (QED) is 0.0423. The van der Waals surface area contributed by atoms with E-state index in [9.17, 15) is 50.8 Å². The number of ether oxygens (including phenoxy) is 3. The van der Waals surface area contributed by atoms with Crippen molar-refractivity contribution in [2.75, 3.05) is 19.8 Å². The average Bonchev–Trinajstić information content (AvgIpc) is 3.13. The molecule has 0 aromatic heterocycles. The molecule has 54 heavy (non-hydrogen) atoms. The van der Waals surface area contributed by atoms with Crippen molar-refractivity contribution in [2.45, 2.75) is 149 Å². The summed E-state index contributed by atoms with van der Waals surface area (Å²) in [5.41, 5.74) is 2.06. The van der Waals surface area contributed by atoms with Gasteiger partial charge in [-0.2, -0.15) is 0 Å². The van der Waals surface area contributed by atoms with Gasteiger partial charge in [-0.25, -0.2) is 4.79 Å². The van der Waals surface area contributed by atoms with E-state index in [1.165, 1.54) is 13.0 Å². The molecule has 0 radical (unpaired) electrons. The fourth-order valence-corrected chi connectivity index (χ4v) is 6.77. The van der Waals surface area contributed by atoms with E-state index in [4.69, 9.17) is 19.3 Å². The Morgan fingerprint density at radius 1 is 0.722 bits per heavy atom. The van der Waals surface area contributed by atoms with E-state index in [2.05, 4.69) is 26.8 Å². The molecule has 1 heterocycles. The molecule has 1 aliphatic heterocycles. The van der Waals surface area contributed by atoms with Crippen LogP contribution in [0.4, 0.5) is 0 Å². The van der Waals surface area contributed by atoms with E-state index in [0.717, 1.165) is 18.4 Å². The Labute approximate surface area is 321 Å². The molecule has 14 nitrogen and oxygen atoms in total. The average molecular weight is 775 g/mol. The Hall–Kier alpha value is -2.05. The standard InChI is InChI=1S/C40H70O14/c1-11-20(2)12-21(3)13-26(8)38(54-40-37(50)36(49)35(48)31(19-43)53-40)27(9)15-24(6)32(45)22(4)14-23(5)33(46)25(7)16-28(10)39(51)52-30(18-42)34(47)29(44)17-41/h13-16,20-22,25,27,29-38,40-50H,11-12,17-19H2,1-10H3/t20?,21?,22?,25?,27?,29-,30-,31-,32?,33?,34-,35-,36+,37+,38?,40+/m1/s1. The van der Waals surface area contributed by atoms with Gasteiger partial charge in [-0.1, -0.05) is 72.3 Å². The van der Waals surface area contributed by atoms with Crippen LogP contribution in [-0.4, -0.2) is 144 Å². The predicted octanol–water partition coefficient (Wildman–Crippen LogP) is 1.28. The molecule has 1 fully saturated rings. The summed E-state index contributed by atoms with van der Waals surface area (Å²) in [5, 5.41) is 102. The molecule has 0 spiro atoms. The van der Waals surface area contributed by atoms with Gasteiger partial charge in [0.25, 0.3) is 0 Å². The lowest BCUT2D eigenvalue weighted by Gasteiger charge is -2.41. The molecule has 0 aliphatic carbocycles. The van der Waals surface area contributed by atoms with E-state index in [-0.39, 0.29) is 17.4 Å². The van der Waals surface area contributed by atoms with Gasteiger partial charge in [-0.05, 0) is 62.7 Å². The largest absolute Gasteiger partial charge is 0.454 e. The minimum atomic E-state index is -1.71. The molecule has 8 unspecified atom stereocenters. The molecule has 0 aromatic carbocycles. The zero-order valence-corrected chi connectivity index (χ0v) is 33.7. The maximum Gasteiger partial charge on any atom is 0.333 e. The van der Waals surface area contributed by atoms with Crippen LogP contribution >= 0.6 is 0 Å². The van der Waals surface area contributed by atoms with Crippen LogP contribution in [0.25, 0.3) is 0 Å². The number of rotatable bonds is 22. The maximum absolute atomic E-state index is 12.6. The molecule has 0 bridgehead atoms. The summed E-state index contributed by atoms with van der Waals surface area (Å²) in [7, 11) is 0. The number of hydrogen-bond acceptors (Lipinski definition) is 14. The fourth-order valence-electron chi connectivity index (χ4n) is 6.77. The van der Waals surface area contributed by atoms with E-state index < -0.39 is 105 Å². The van der Waals surface area contributed by atoms with Crippen LogP contribution in [0.15, 0.2) is 46.6 Å². The first-order valence-corrected chi connectivity index (χ1v) is 19.0. The van der Waals surface area contributed by atoms with Crippen LogP contribution in [-0.2, 0) is 19.0 Å². The Balaban J connectivity index is 3.23. The molecular formula is C40H70O14. The smallest absolute Gasteiger partial charge is 0.333 e. The third-order valence-corrected chi connectivity index (χ3v) is 10.3. The van der Waals surface area contributed by atoms with Crippen molar-refractivity contribution < 1.29 is 70.1 Å². The van der Waals surface area contributed by atoms with Crippen molar-refractivity contribution in [3.8, 4) is 0 Å². The molecular weight excluding hydrogens is 704 g/mol. The Kier molecular flexibility index (Phi) is 22.1. The molecule has 0 amide bonds. The number of allylic oxidation sites excluding steroid dienone is 1. The van der Waals surface area contributed by atoms with Gasteiger partial charge >= 0.3 is 5.97 Å². The molecule has 14 heteroatoms. The van der Waals surface area contributed by atoms with Gasteiger partial charge in [-0.3, -0.25) is 0 Å². The Bertz CT molecular complexity index is 1250. The van der Waals surface area contributed by atoms with Crippen LogP contribution in [0.2, 0.25) is 0 Å². The summed E-state index contributed by atoms with van der Waals surface area (Å²) in [6.07, 6.45) is -5.59. The van der Waals surface area contributed by atoms with Crippen LogP contribution in [0, 0.1) is 29.6 Å². The highest BCUT2D eigenvalue weighted by Crippen LogP contribution is 2.30. The van der Waals surface area contributed by atoms with Gasteiger partial charge < -0.3 is 65.3 Å². The summed E-state index contributed by atoms with van der Waals surface area (Å²) >= 11 is 0. The molecule has 1 saturated heterocycles. The first-order chi connectivity index (χ1) is 25.1. The summed E-state index contributed by atoms with van der Waals surface area (Å²) in [6, 6.07) is 0. The second-order valence-corrected chi connectivity index (χ2v) is 15.4. The molecule has 1 rings (SSSR count). The lowest BCUT2D eigenvalue weighted by molar-refractivity contribution is -0.310. The number of aliphatic hydroxyl groups excluding tert-OH is 10. The Morgan fingerprint density at radius 3 is 1.76 bits per heavy atom. The second kappa shape index (κ2) is 23.9. The molecule has 0 saturated carbocycles. The van der Waals surface area contributed by atoms with E-state index in [0.29, 0.717) is 17.1 Å². The highest BCUT2D eigenvalue weighted by molar-refractivity contribution is 5.88.